The van der Waals surface area contributed by atoms with Gasteiger partial charge in [0.1, 0.15) is 0 Å². The van der Waals surface area contributed by atoms with E-state index < -0.39 is 0 Å². The second-order valence-corrected chi connectivity index (χ2v) is 4.48. The number of carbonyl (C=O) groups is 1. The highest BCUT2D eigenvalue weighted by Crippen LogP contribution is 2.30. The Hall–Kier alpha value is -0.570. The van der Waals surface area contributed by atoms with Crippen LogP contribution in [0.25, 0.3) is 0 Å². The molecule has 1 rings (SSSR count). The zero-order valence-corrected chi connectivity index (χ0v) is 9.16. The van der Waals surface area contributed by atoms with E-state index in [4.69, 9.17) is 5.73 Å². The van der Waals surface area contributed by atoms with Crippen molar-refractivity contribution in [2.45, 2.75) is 45.1 Å². The maximum absolute atomic E-state index is 11.0. The molecule has 0 spiro atoms. The van der Waals surface area contributed by atoms with Gasteiger partial charge in [0.15, 0.2) is 0 Å². The summed E-state index contributed by atoms with van der Waals surface area (Å²) in [5, 5.41) is 0. The van der Waals surface area contributed by atoms with Crippen LogP contribution in [0.2, 0.25) is 0 Å². The third kappa shape index (κ3) is 3.29. The Balaban J connectivity index is 2.35. The SMILES string of the molecule is COC(=O)CC(N)C1CCCC(C)C1. The summed E-state index contributed by atoms with van der Waals surface area (Å²) in [7, 11) is 1.42. The van der Waals surface area contributed by atoms with Gasteiger partial charge in [-0.3, -0.25) is 4.79 Å². The number of rotatable bonds is 3. The number of ether oxygens (including phenoxy) is 1. The lowest BCUT2D eigenvalue weighted by Crippen LogP contribution is -2.35. The molecular weight excluding hydrogens is 178 g/mol. The Bertz CT molecular complexity index is 194. The molecule has 3 unspecified atom stereocenters. The van der Waals surface area contributed by atoms with Gasteiger partial charge in [-0.15, -0.1) is 0 Å². The van der Waals surface area contributed by atoms with E-state index >= 15 is 0 Å². The number of nitrogens with two attached hydrogens (primary N) is 1. The zero-order valence-electron chi connectivity index (χ0n) is 9.16. The quantitative estimate of drug-likeness (QED) is 0.704. The Labute approximate surface area is 86.0 Å². The van der Waals surface area contributed by atoms with E-state index in [9.17, 15) is 4.79 Å². The molecule has 14 heavy (non-hydrogen) atoms. The molecule has 0 aromatic rings. The van der Waals surface area contributed by atoms with E-state index in [1.807, 2.05) is 0 Å². The van der Waals surface area contributed by atoms with Gasteiger partial charge in [-0.05, 0) is 24.7 Å². The monoisotopic (exact) mass is 199 g/mol. The fourth-order valence-electron chi connectivity index (χ4n) is 2.31. The van der Waals surface area contributed by atoms with E-state index in [1.165, 1.54) is 26.4 Å². The third-order valence-corrected chi connectivity index (χ3v) is 3.21. The molecule has 0 saturated heterocycles. The van der Waals surface area contributed by atoms with Crippen molar-refractivity contribution in [2.24, 2.45) is 17.6 Å². The van der Waals surface area contributed by atoms with Gasteiger partial charge < -0.3 is 10.5 Å². The van der Waals surface area contributed by atoms with Gasteiger partial charge in [-0.1, -0.05) is 19.8 Å². The second kappa shape index (κ2) is 5.35. The average molecular weight is 199 g/mol. The van der Waals surface area contributed by atoms with Crippen LogP contribution in [-0.2, 0) is 9.53 Å². The third-order valence-electron chi connectivity index (χ3n) is 3.21. The molecule has 0 radical (unpaired) electrons. The summed E-state index contributed by atoms with van der Waals surface area (Å²) in [6.45, 7) is 2.26. The first-order valence-electron chi connectivity index (χ1n) is 5.46. The number of hydrogen-bond donors (Lipinski definition) is 1. The molecule has 0 aliphatic heterocycles. The molecule has 1 saturated carbocycles. The van der Waals surface area contributed by atoms with Crippen LogP contribution in [0.4, 0.5) is 0 Å². The number of esters is 1. The van der Waals surface area contributed by atoms with Gasteiger partial charge in [-0.2, -0.15) is 0 Å². The summed E-state index contributed by atoms with van der Waals surface area (Å²) in [4.78, 5) is 11.0. The minimum Gasteiger partial charge on any atom is -0.469 e. The van der Waals surface area contributed by atoms with Gasteiger partial charge in [0.2, 0.25) is 0 Å². The average Bonchev–Trinajstić information content (AvgIpc) is 2.17. The predicted octanol–water partition coefficient (Wildman–Crippen LogP) is 1.70. The van der Waals surface area contributed by atoms with Gasteiger partial charge >= 0.3 is 5.97 Å². The van der Waals surface area contributed by atoms with Crippen LogP contribution in [0.5, 0.6) is 0 Å². The van der Waals surface area contributed by atoms with Gasteiger partial charge in [0.05, 0.1) is 13.5 Å². The first kappa shape index (κ1) is 11.5. The van der Waals surface area contributed by atoms with Gasteiger partial charge in [0, 0.05) is 6.04 Å². The first-order valence-corrected chi connectivity index (χ1v) is 5.46. The first-order chi connectivity index (χ1) is 6.63. The van der Waals surface area contributed by atoms with Crippen molar-refractivity contribution in [2.75, 3.05) is 7.11 Å². The van der Waals surface area contributed by atoms with E-state index in [2.05, 4.69) is 11.7 Å². The largest absolute Gasteiger partial charge is 0.469 e. The predicted molar refractivity (Wildman–Crippen MR) is 55.7 cm³/mol. The topological polar surface area (TPSA) is 52.3 Å². The molecule has 0 aromatic heterocycles. The summed E-state index contributed by atoms with van der Waals surface area (Å²) >= 11 is 0. The Kier molecular flexibility index (Phi) is 4.39. The van der Waals surface area contributed by atoms with Crippen LogP contribution in [-0.4, -0.2) is 19.1 Å². The van der Waals surface area contributed by atoms with Crippen molar-refractivity contribution in [1.29, 1.82) is 0 Å². The lowest BCUT2D eigenvalue weighted by Gasteiger charge is -2.30. The van der Waals surface area contributed by atoms with Crippen LogP contribution in [0.15, 0.2) is 0 Å². The highest BCUT2D eigenvalue weighted by molar-refractivity contribution is 5.69. The van der Waals surface area contributed by atoms with Crippen molar-refractivity contribution < 1.29 is 9.53 Å². The molecule has 0 aromatic carbocycles. The van der Waals surface area contributed by atoms with Crippen molar-refractivity contribution in [1.82, 2.24) is 0 Å². The molecule has 0 bridgehead atoms. The number of methoxy groups -OCH3 is 1. The van der Waals surface area contributed by atoms with Crippen molar-refractivity contribution in [3.8, 4) is 0 Å². The fourth-order valence-corrected chi connectivity index (χ4v) is 2.31. The van der Waals surface area contributed by atoms with Crippen molar-refractivity contribution in [3.05, 3.63) is 0 Å². The summed E-state index contributed by atoms with van der Waals surface area (Å²) in [5.41, 5.74) is 5.99. The molecule has 2 N–H and O–H groups in total. The molecule has 1 fully saturated rings. The fraction of sp³-hybridized carbons (Fsp3) is 0.909. The Morgan fingerprint density at radius 2 is 2.29 bits per heavy atom. The standard InChI is InChI=1S/C11H21NO2/c1-8-4-3-5-9(6-8)10(12)7-11(13)14-2/h8-10H,3-7,12H2,1-2H3. The Morgan fingerprint density at radius 1 is 1.57 bits per heavy atom. The summed E-state index contributed by atoms with van der Waals surface area (Å²) in [6, 6.07) is -0.00907. The number of hydrogen-bond acceptors (Lipinski definition) is 3. The van der Waals surface area contributed by atoms with Crippen molar-refractivity contribution >= 4 is 5.97 Å². The molecule has 3 atom stereocenters. The van der Waals surface area contributed by atoms with Crippen LogP contribution < -0.4 is 5.73 Å². The minimum atomic E-state index is -0.185. The normalized spacial score (nSPS) is 29.6. The molecular formula is C11H21NO2. The molecule has 0 amide bonds. The maximum atomic E-state index is 11.0. The molecule has 3 heteroatoms. The molecule has 1 aliphatic rings. The Morgan fingerprint density at radius 3 is 2.86 bits per heavy atom. The van der Waals surface area contributed by atoms with Crippen LogP contribution in [0, 0.1) is 11.8 Å². The lowest BCUT2D eigenvalue weighted by molar-refractivity contribution is -0.141. The second-order valence-electron chi connectivity index (χ2n) is 4.48. The van der Waals surface area contributed by atoms with Gasteiger partial charge in [-0.25, -0.2) is 0 Å². The highest BCUT2D eigenvalue weighted by atomic mass is 16.5. The van der Waals surface area contributed by atoms with E-state index in [1.54, 1.807) is 0 Å². The smallest absolute Gasteiger partial charge is 0.307 e. The molecule has 3 nitrogen and oxygen atoms in total. The number of carbonyl (C=O) groups excluding carboxylic acids is 1. The molecule has 82 valence electrons. The van der Waals surface area contributed by atoms with E-state index in [0.29, 0.717) is 12.3 Å². The van der Waals surface area contributed by atoms with E-state index in [0.717, 1.165) is 12.3 Å². The molecule has 0 heterocycles. The lowest BCUT2D eigenvalue weighted by atomic mass is 9.78. The zero-order chi connectivity index (χ0) is 10.6. The minimum absolute atomic E-state index is 0.00907. The van der Waals surface area contributed by atoms with Crippen molar-refractivity contribution in [3.63, 3.8) is 0 Å². The summed E-state index contributed by atoms with van der Waals surface area (Å²) < 4.78 is 4.62. The highest BCUT2D eigenvalue weighted by Gasteiger charge is 2.25. The molecule has 1 aliphatic carbocycles. The maximum Gasteiger partial charge on any atom is 0.307 e. The van der Waals surface area contributed by atoms with Gasteiger partial charge in [0.25, 0.3) is 0 Å². The summed E-state index contributed by atoms with van der Waals surface area (Å²) in [6.07, 6.45) is 5.26. The van der Waals surface area contributed by atoms with Crippen LogP contribution in [0.1, 0.15) is 39.0 Å². The summed E-state index contributed by atoms with van der Waals surface area (Å²) in [5.74, 6) is 1.09. The van der Waals surface area contributed by atoms with E-state index in [-0.39, 0.29) is 12.0 Å². The van der Waals surface area contributed by atoms with Crippen LogP contribution in [0.3, 0.4) is 0 Å². The van der Waals surface area contributed by atoms with Crippen LogP contribution >= 0.6 is 0 Å².